The lowest BCUT2D eigenvalue weighted by molar-refractivity contribution is 0.415. The quantitative estimate of drug-likeness (QED) is 0.322. The molecule has 0 fully saturated rings. The van der Waals surface area contributed by atoms with E-state index < -0.39 is 0 Å². The van der Waals surface area contributed by atoms with E-state index >= 15 is 0 Å². The van der Waals surface area contributed by atoms with E-state index in [1.807, 2.05) is 42.0 Å². The molecule has 0 radical (unpaired) electrons. The van der Waals surface area contributed by atoms with Gasteiger partial charge >= 0.3 is 0 Å². The Morgan fingerprint density at radius 3 is 2.62 bits per heavy atom. The van der Waals surface area contributed by atoms with Crippen LogP contribution in [-0.4, -0.2) is 21.6 Å². The Hall–Kier alpha value is -2.35. The van der Waals surface area contributed by atoms with E-state index in [4.69, 9.17) is 16.3 Å². The number of imidazole rings is 1. The lowest BCUT2D eigenvalue weighted by Gasteiger charge is -2.14. The standard InChI is InChI=1S/C21H17ClFN3OS2/c1-13-24-10-17(29-13)12-28-21-25-11-19(18-9-15(23)5-8-20(18)27-2)26(21)16-6-3-14(22)4-7-16/h3-11H,12H2,1-2H3. The van der Waals surface area contributed by atoms with Crippen LogP contribution in [0.5, 0.6) is 5.75 Å². The van der Waals surface area contributed by atoms with Gasteiger partial charge in [0.2, 0.25) is 0 Å². The minimum Gasteiger partial charge on any atom is -0.496 e. The summed E-state index contributed by atoms with van der Waals surface area (Å²) in [4.78, 5) is 10.1. The molecule has 2 heterocycles. The van der Waals surface area contributed by atoms with E-state index in [-0.39, 0.29) is 5.82 Å². The van der Waals surface area contributed by atoms with Crippen molar-refractivity contribution in [3.05, 3.63) is 75.6 Å². The van der Waals surface area contributed by atoms with Crippen molar-refractivity contribution in [3.8, 4) is 22.7 Å². The number of thiazole rings is 1. The molecule has 0 aliphatic rings. The number of nitrogens with zero attached hydrogens (tertiary/aromatic N) is 3. The molecule has 4 aromatic rings. The van der Waals surface area contributed by atoms with Crippen molar-refractivity contribution >= 4 is 34.7 Å². The summed E-state index contributed by atoms with van der Waals surface area (Å²) in [6.45, 7) is 1.99. The van der Waals surface area contributed by atoms with Gasteiger partial charge in [-0.25, -0.2) is 14.4 Å². The second-order valence-electron chi connectivity index (χ2n) is 6.22. The molecule has 2 aromatic heterocycles. The first kappa shape index (κ1) is 19.9. The van der Waals surface area contributed by atoms with Gasteiger partial charge in [0.25, 0.3) is 0 Å². The zero-order valence-electron chi connectivity index (χ0n) is 15.7. The third-order valence-electron chi connectivity index (χ3n) is 4.26. The van der Waals surface area contributed by atoms with Crippen LogP contribution in [0.4, 0.5) is 4.39 Å². The van der Waals surface area contributed by atoms with E-state index in [0.29, 0.717) is 16.3 Å². The molecule has 0 saturated heterocycles. The number of ether oxygens (including phenoxy) is 1. The maximum atomic E-state index is 14.0. The summed E-state index contributed by atoms with van der Waals surface area (Å²) in [5.41, 5.74) is 2.26. The first-order valence-corrected chi connectivity index (χ1v) is 10.9. The molecular weight excluding hydrogens is 429 g/mol. The molecule has 8 heteroatoms. The Bertz CT molecular complexity index is 1140. The molecule has 0 amide bonds. The summed E-state index contributed by atoms with van der Waals surface area (Å²) in [5.74, 6) is 0.991. The number of halogens is 2. The third-order valence-corrected chi connectivity index (χ3v) is 6.61. The Morgan fingerprint density at radius 1 is 1.14 bits per heavy atom. The summed E-state index contributed by atoms with van der Waals surface area (Å²) in [6, 6.07) is 11.9. The second-order valence-corrected chi connectivity index (χ2v) is 8.91. The van der Waals surface area contributed by atoms with Crippen LogP contribution in [0, 0.1) is 12.7 Å². The van der Waals surface area contributed by atoms with Gasteiger partial charge in [0.15, 0.2) is 5.16 Å². The van der Waals surface area contributed by atoms with Crippen LogP contribution in [-0.2, 0) is 5.75 Å². The monoisotopic (exact) mass is 445 g/mol. The Morgan fingerprint density at radius 2 is 1.93 bits per heavy atom. The molecule has 2 aromatic carbocycles. The van der Waals surface area contributed by atoms with Gasteiger partial charge in [-0.15, -0.1) is 11.3 Å². The summed E-state index contributed by atoms with van der Waals surface area (Å²) in [5, 5.41) is 2.47. The van der Waals surface area contributed by atoms with Crippen LogP contribution >= 0.6 is 34.7 Å². The van der Waals surface area contributed by atoms with Gasteiger partial charge in [0.1, 0.15) is 11.6 Å². The molecule has 0 unspecified atom stereocenters. The molecule has 0 aliphatic heterocycles. The normalized spacial score (nSPS) is 11.0. The van der Waals surface area contributed by atoms with Crippen LogP contribution in [0.3, 0.4) is 0 Å². The first-order valence-electron chi connectivity index (χ1n) is 8.77. The third kappa shape index (κ3) is 4.32. The van der Waals surface area contributed by atoms with E-state index in [1.165, 1.54) is 17.0 Å². The van der Waals surface area contributed by atoms with Crippen LogP contribution in [0.2, 0.25) is 5.02 Å². The first-order chi connectivity index (χ1) is 14.0. The molecule has 4 nitrogen and oxygen atoms in total. The SMILES string of the molecule is COc1ccc(F)cc1-c1cnc(SCc2cnc(C)s2)n1-c1ccc(Cl)cc1. The zero-order valence-corrected chi connectivity index (χ0v) is 18.1. The molecule has 29 heavy (non-hydrogen) atoms. The van der Waals surface area contributed by atoms with Gasteiger partial charge in [-0.1, -0.05) is 23.4 Å². The van der Waals surface area contributed by atoms with Crippen molar-refractivity contribution in [1.82, 2.24) is 14.5 Å². The van der Waals surface area contributed by atoms with Crippen LogP contribution in [0.15, 0.2) is 60.0 Å². The maximum Gasteiger partial charge on any atom is 0.173 e. The number of aromatic nitrogens is 3. The molecule has 0 aliphatic carbocycles. The Labute approximate surface area is 181 Å². The molecule has 0 bridgehead atoms. The Kier molecular flexibility index (Phi) is 5.89. The van der Waals surface area contributed by atoms with Gasteiger partial charge in [0, 0.05) is 33.1 Å². The fraction of sp³-hybridized carbons (Fsp3) is 0.143. The van der Waals surface area contributed by atoms with E-state index in [2.05, 4.69) is 9.97 Å². The smallest absolute Gasteiger partial charge is 0.173 e. The number of hydrogen-bond donors (Lipinski definition) is 0. The van der Waals surface area contributed by atoms with Gasteiger partial charge in [-0.05, 0) is 49.4 Å². The minimum atomic E-state index is -0.334. The summed E-state index contributed by atoms with van der Waals surface area (Å²) >= 11 is 9.34. The van der Waals surface area contributed by atoms with Crippen molar-refractivity contribution in [3.63, 3.8) is 0 Å². The van der Waals surface area contributed by atoms with Crippen molar-refractivity contribution < 1.29 is 9.13 Å². The molecule has 0 atom stereocenters. The average molecular weight is 446 g/mol. The highest BCUT2D eigenvalue weighted by Crippen LogP contribution is 2.36. The number of rotatable bonds is 6. The Balaban J connectivity index is 1.80. The lowest BCUT2D eigenvalue weighted by Crippen LogP contribution is -2.00. The minimum absolute atomic E-state index is 0.334. The predicted octanol–water partition coefficient (Wildman–Crippen LogP) is 6.40. The number of aryl methyl sites for hydroxylation is 1. The second kappa shape index (κ2) is 8.57. The molecule has 0 spiro atoms. The van der Waals surface area contributed by atoms with E-state index in [0.717, 1.165) is 27.3 Å². The number of methoxy groups -OCH3 is 1. The number of benzene rings is 2. The predicted molar refractivity (Wildman–Crippen MR) is 117 cm³/mol. The van der Waals surface area contributed by atoms with Gasteiger partial charge < -0.3 is 4.74 Å². The van der Waals surface area contributed by atoms with Gasteiger partial charge in [-0.3, -0.25) is 4.57 Å². The van der Waals surface area contributed by atoms with Crippen molar-refractivity contribution in [2.45, 2.75) is 17.8 Å². The molecule has 0 N–H and O–H groups in total. The van der Waals surface area contributed by atoms with Gasteiger partial charge in [-0.2, -0.15) is 0 Å². The molecule has 4 rings (SSSR count). The molecule has 0 saturated carbocycles. The van der Waals surface area contributed by atoms with Crippen molar-refractivity contribution in [1.29, 1.82) is 0 Å². The fourth-order valence-electron chi connectivity index (χ4n) is 2.95. The molecule has 148 valence electrons. The summed E-state index contributed by atoms with van der Waals surface area (Å²) < 4.78 is 21.5. The van der Waals surface area contributed by atoms with E-state index in [1.54, 1.807) is 42.5 Å². The zero-order chi connectivity index (χ0) is 20.4. The van der Waals surface area contributed by atoms with Crippen LogP contribution < -0.4 is 4.74 Å². The highest BCUT2D eigenvalue weighted by Gasteiger charge is 2.18. The maximum absolute atomic E-state index is 14.0. The highest BCUT2D eigenvalue weighted by molar-refractivity contribution is 7.98. The van der Waals surface area contributed by atoms with Crippen molar-refractivity contribution in [2.24, 2.45) is 0 Å². The van der Waals surface area contributed by atoms with Crippen LogP contribution in [0.25, 0.3) is 16.9 Å². The number of hydrogen-bond acceptors (Lipinski definition) is 5. The van der Waals surface area contributed by atoms with Crippen LogP contribution in [0.1, 0.15) is 9.88 Å². The highest BCUT2D eigenvalue weighted by atomic mass is 35.5. The summed E-state index contributed by atoms with van der Waals surface area (Å²) in [7, 11) is 1.57. The van der Waals surface area contributed by atoms with E-state index in [9.17, 15) is 4.39 Å². The topological polar surface area (TPSA) is 39.9 Å². The lowest BCUT2D eigenvalue weighted by atomic mass is 10.1. The average Bonchev–Trinajstić information content (AvgIpc) is 3.33. The van der Waals surface area contributed by atoms with Crippen molar-refractivity contribution in [2.75, 3.05) is 7.11 Å². The van der Waals surface area contributed by atoms with Gasteiger partial charge in [0.05, 0.1) is 24.0 Å². The largest absolute Gasteiger partial charge is 0.496 e. The molecular formula is C21H17ClFN3OS2. The number of thioether (sulfide) groups is 1. The summed E-state index contributed by atoms with van der Waals surface area (Å²) in [6.07, 6.45) is 3.63. The fourth-order valence-corrected chi connectivity index (χ4v) is 4.89.